The van der Waals surface area contributed by atoms with Crippen molar-refractivity contribution in [1.29, 1.82) is 0 Å². The number of hydrogen-bond donors (Lipinski definition) is 4. The molecule has 29 heavy (non-hydrogen) atoms. The number of nitrogens with zero attached hydrogens (tertiary/aromatic N) is 1. The van der Waals surface area contributed by atoms with Gasteiger partial charge in [0.25, 0.3) is 0 Å². The second-order valence-electron chi connectivity index (χ2n) is 7.18. The van der Waals surface area contributed by atoms with E-state index in [1.807, 2.05) is 31.2 Å². The lowest BCUT2D eigenvalue weighted by Gasteiger charge is -2.19. The highest BCUT2D eigenvalue weighted by atomic mass is 16.6. The monoisotopic (exact) mass is 407 g/mol. The zero-order valence-electron chi connectivity index (χ0n) is 17.9. The summed E-state index contributed by atoms with van der Waals surface area (Å²) in [6, 6.07) is 7.48. The Morgan fingerprint density at radius 1 is 1.00 bits per heavy atom. The molecule has 0 spiro atoms. The van der Waals surface area contributed by atoms with Crippen molar-refractivity contribution in [3.8, 4) is 5.75 Å². The van der Waals surface area contributed by atoms with E-state index in [0.717, 1.165) is 11.3 Å². The Hall–Kier alpha value is -2.97. The number of benzene rings is 1. The van der Waals surface area contributed by atoms with Gasteiger partial charge in [-0.3, -0.25) is 4.79 Å². The van der Waals surface area contributed by atoms with Crippen LogP contribution in [0, 0.1) is 0 Å². The number of carbonyl (C=O) groups is 2. The van der Waals surface area contributed by atoms with Gasteiger partial charge in [-0.2, -0.15) is 0 Å². The molecule has 0 fully saturated rings. The molecular formula is C20H33N5O4. The highest BCUT2D eigenvalue weighted by Crippen LogP contribution is 2.10. The van der Waals surface area contributed by atoms with E-state index in [0.29, 0.717) is 32.1 Å². The number of rotatable bonds is 9. The normalized spacial score (nSPS) is 11.4. The van der Waals surface area contributed by atoms with E-state index in [2.05, 4.69) is 26.3 Å². The van der Waals surface area contributed by atoms with E-state index in [-0.39, 0.29) is 12.5 Å². The van der Waals surface area contributed by atoms with Crippen LogP contribution in [0.1, 0.15) is 33.3 Å². The molecule has 0 aliphatic carbocycles. The first kappa shape index (κ1) is 24.1. The maximum atomic E-state index is 12.0. The molecule has 9 nitrogen and oxygen atoms in total. The van der Waals surface area contributed by atoms with Crippen LogP contribution in [0.2, 0.25) is 0 Å². The molecule has 1 aromatic rings. The Bertz CT molecular complexity index is 668. The van der Waals surface area contributed by atoms with E-state index in [1.165, 1.54) is 0 Å². The Morgan fingerprint density at radius 3 is 2.24 bits per heavy atom. The van der Waals surface area contributed by atoms with Gasteiger partial charge in [0.1, 0.15) is 17.9 Å². The highest BCUT2D eigenvalue weighted by molar-refractivity contribution is 5.84. The lowest BCUT2D eigenvalue weighted by molar-refractivity contribution is -0.119. The molecule has 0 heterocycles. The number of nitrogens with one attached hydrogen (secondary N) is 4. The molecule has 0 aliphatic rings. The van der Waals surface area contributed by atoms with Crippen LogP contribution in [0.25, 0.3) is 0 Å². The topological polar surface area (TPSA) is 113 Å². The van der Waals surface area contributed by atoms with Crippen molar-refractivity contribution in [1.82, 2.24) is 21.3 Å². The van der Waals surface area contributed by atoms with Gasteiger partial charge in [0.15, 0.2) is 5.96 Å². The average molecular weight is 408 g/mol. The van der Waals surface area contributed by atoms with Crippen molar-refractivity contribution < 1.29 is 19.1 Å². The lowest BCUT2D eigenvalue weighted by atomic mass is 10.2. The van der Waals surface area contributed by atoms with Gasteiger partial charge in [-0.15, -0.1) is 0 Å². The van der Waals surface area contributed by atoms with E-state index in [9.17, 15) is 9.59 Å². The quantitative estimate of drug-likeness (QED) is 0.280. The van der Waals surface area contributed by atoms with Crippen LogP contribution in [0.4, 0.5) is 4.79 Å². The van der Waals surface area contributed by atoms with Crippen LogP contribution in [0.15, 0.2) is 29.3 Å². The van der Waals surface area contributed by atoms with Gasteiger partial charge in [-0.25, -0.2) is 9.79 Å². The number of methoxy groups -OCH3 is 1. The Morgan fingerprint density at radius 2 is 1.66 bits per heavy atom. The standard InChI is InChI=1S/C20H33N5O4/c1-6-21-18(22-11-12-23-19(27)29-20(2,3)4)25-14-17(26)24-13-15-7-9-16(28-5)10-8-15/h7-10H,6,11-14H2,1-5H3,(H,23,27)(H,24,26)(H2,21,22,25). The zero-order chi connectivity index (χ0) is 21.7. The summed E-state index contributed by atoms with van der Waals surface area (Å²) in [4.78, 5) is 27.9. The molecular weight excluding hydrogens is 374 g/mol. The number of carbonyl (C=O) groups excluding carboxylic acids is 2. The molecule has 162 valence electrons. The second kappa shape index (κ2) is 12.5. The molecule has 0 aromatic heterocycles. The van der Waals surface area contributed by atoms with Crippen molar-refractivity contribution in [2.24, 2.45) is 4.99 Å². The van der Waals surface area contributed by atoms with Crippen LogP contribution in [-0.2, 0) is 16.1 Å². The third-order valence-electron chi connectivity index (χ3n) is 3.46. The Labute approximate surface area is 172 Å². The first-order chi connectivity index (χ1) is 13.7. The van der Waals surface area contributed by atoms with Gasteiger partial charge in [0.2, 0.25) is 5.91 Å². The average Bonchev–Trinajstić information content (AvgIpc) is 2.66. The van der Waals surface area contributed by atoms with E-state index >= 15 is 0 Å². The van der Waals surface area contributed by atoms with Gasteiger partial charge in [-0.1, -0.05) is 12.1 Å². The van der Waals surface area contributed by atoms with E-state index < -0.39 is 11.7 Å². The van der Waals surface area contributed by atoms with Crippen LogP contribution < -0.4 is 26.0 Å². The maximum absolute atomic E-state index is 12.0. The van der Waals surface area contributed by atoms with Crippen molar-refractivity contribution in [2.75, 3.05) is 33.3 Å². The number of guanidine groups is 1. The number of hydrogen-bond acceptors (Lipinski definition) is 5. The molecule has 0 saturated heterocycles. The van der Waals surface area contributed by atoms with Crippen LogP contribution >= 0.6 is 0 Å². The first-order valence-corrected chi connectivity index (χ1v) is 9.62. The highest BCUT2D eigenvalue weighted by Gasteiger charge is 2.15. The summed E-state index contributed by atoms with van der Waals surface area (Å²) >= 11 is 0. The van der Waals surface area contributed by atoms with Crippen molar-refractivity contribution in [3.63, 3.8) is 0 Å². The fourth-order valence-corrected chi connectivity index (χ4v) is 2.15. The first-order valence-electron chi connectivity index (χ1n) is 9.62. The Balaban J connectivity index is 2.35. The predicted molar refractivity (Wildman–Crippen MR) is 113 cm³/mol. The lowest BCUT2D eigenvalue weighted by Crippen LogP contribution is -2.43. The fraction of sp³-hybridized carbons (Fsp3) is 0.550. The third-order valence-corrected chi connectivity index (χ3v) is 3.46. The summed E-state index contributed by atoms with van der Waals surface area (Å²) < 4.78 is 10.3. The molecule has 9 heteroatoms. The zero-order valence-corrected chi connectivity index (χ0v) is 17.9. The Kier molecular flexibility index (Phi) is 10.4. The van der Waals surface area contributed by atoms with Gasteiger partial charge < -0.3 is 30.7 Å². The van der Waals surface area contributed by atoms with E-state index in [4.69, 9.17) is 9.47 Å². The molecule has 0 aliphatic heterocycles. The maximum Gasteiger partial charge on any atom is 0.407 e. The number of amides is 2. The van der Waals surface area contributed by atoms with Gasteiger partial charge in [0, 0.05) is 26.2 Å². The number of ether oxygens (including phenoxy) is 2. The minimum absolute atomic E-state index is 0.00895. The molecule has 0 radical (unpaired) electrons. The van der Waals surface area contributed by atoms with Gasteiger partial charge in [0.05, 0.1) is 7.11 Å². The minimum atomic E-state index is -0.535. The molecule has 0 bridgehead atoms. The van der Waals surface area contributed by atoms with Crippen molar-refractivity contribution >= 4 is 18.0 Å². The smallest absolute Gasteiger partial charge is 0.407 e. The molecule has 1 aromatic carbocycles. The summed E-state index contributed by atoms with van der Waals surface area (Å²) in [5, 5.41) is 11.6. The molecule has 0 unspecified atom stereocenters. The molecule has 0 atom stereocenters. The summed E-state index contributed by atoms with van der Waals surface area (Å²) in [6.07, 6.45) is -0.473. The largest absolute Gasteiger partial charge is 0.497 e. The molecule has 4 N–H and O–H groups in total. The summed E-state index contributed by atoms with van der Waals surface area (Å²) in [5.41, 5.74) is 0.439. The summed E-state index contributed by atoms with van der Waals surface area (Å²) in [6.45, 7) is 9.22. The van der Waals surface area contributed by atoms with Crippen LogP contribution in [0.5, 0.6) is 5.75 Å². The number of alkyl carbamates (subject to hydrolysis) is 1. The minimum Gasteiger partial charge on any atom is -0.497 e. The van der Waals surface area contributed by atoms with E-state index in [1.54, 1.807) is 27.9 Å². The second-order valence-corrected chi connectivity index (χ2v) is 7.18. The summed E-state index contributed by atoms with van der Waals surface area (Å²) in [7, 11) is 1.61. The predicted octanol–water partition coefficient (Wildman–Crippen LogP) is 1.39. The molecule has 1 rings (SSSR count). The third kappa shape index (κ3) is 11.5. The van der Waals surface area contributed by atoms with Crippen LogP contribution in [0.3, 0.4) is 0 Å². The van der Waals surface area contributed by atoms with Crippen LogP contribution in [-0.4, -0.2) is 56.8 Å². The van der Waals surface area contributed by atoms with Crippen molar-refractivity contribution in [3.05, 3.63) is 29.8 Å². The van der Waals surface area contributed by atoms with Gasteiger partial charge in [-0.05, 0) is 45.4 Å². The number of aliphatic imine (C=N–C) groups is 1. The molecule has 0 saturated carbocycles. The SMILES string of the molecule is CCNC(=NCC(=O)NCc1ccc(OC)cc1)NCCNC(=O)OC(C)(C)C. The fourth-order valence-electron chi connectivity index (χ4n) is 2.15. The molecule has 2 amide bonds. The van der Waals surface area contributed by atoms with Crippen molar-refractivity contribution in [2.45, 2.75) is 39.8 Å². The summed E-state index contributed by atoms with van der Waals surface area (Å²) in [5.74, 6) is 1.08. The van der Waals surface area contributed by atoms with Gasteiger partial charge >= 0.3 is 6.09 Å².